The zero-order chi connectivity index (χ0) is 18.4. The third-order valence-electron chi connectivity index (χ3n) is 5.66. The molecule has 0 unspecified atom stereocenters. The van der Waals surface area contributed by atoms with Crippen LogP contribution in [0.4, 0.5) is 0 Å². The van der Waals surface area contributed by atoms with Gasteiger partial charge in [0.05, 0.1) is 19.2 Å². The molecule has 2 atom stereocenters. The summed E-state index contributed by atoms with van der Waals surface area (Å²) in [6.07, 6.45) is 3.25. The Hall–Kier alpha value is -2.49. The summed E-state index contributed by atoms with van der Waals surface area (Å²) in [6.45, 7) is 6.85. The fraction of sp³-hybridized carbons (Fsp3) is 0.409. The molecular formula is C22H25NO3. The van der Waals surface area contributed by atoms with Crippen LogP contribution in [0.5, 0.6) is 0 Å². The Morgan fingerprint density at radius 3 is 2.73 bits per heavy atom. The number of rotatable bonds is 5. The van der Waals surface area contributed by atoms with E-state index < -0.39 is 0 Å². The van der Waals surface area contributed by atoms with Crippen LogP contribution in [0.1, 0.15) is 47.5 Å². The van der Waals surface area contributed by atoms with Gasteiger partial charge in [-0.2, -0.15) is 0 Å². The van der Waals surface area contributed by atoms with Crippen LogP contribution in [0.25, 0.3) is 11.0 Å². The number of carbonyl (C=O) groups excluding carboxylic acids is 1. The van der Waals surface area contributed by atoms with E-state index in [9.17, 15) is 4.79 Å². The number of nitrogens with zero attached hydrogens (tertiary/aromatic N) is 1. The molecular weight excluding hydrogens is 326 g/mol. The summed E-state index contributed by atoms with van der Waals surface area (Å²) in [5.74, 6) is 3.24. The van der Waals surface area contributed by atoms with Crippen molar-refractivity contribution in [2.75, 3.05) is 7.05 Å². The number of hydrogen-bond acceptors (Lipinski definition) is 3. The number of benzene rings is 1. The van der Waals surface area contributed by atoms with E-state index in [0.717, 1.165) is 39.5 Å². The van der Waals surface area contributed by atoms with Crippen LogP contribution in [0, 0.1) is 19.8 Å². The van der Waals surface area contributed by atoms with Crippen molar-refractivity contribution in [1.29, 1.82) is 0 Å². The molecule has 0 N–H and O–H groups in total. The minimum Gasteiger partial charge on any atom is -0.464 e. The highest BCUT2D eigenvalue weighted by molar-refractivity contribution is 5.89. The van der Waals surface area contributed by atoms with Crippen LogP contribution in [0.3, 0.4) is 0 Å². The molecule has 2 aromatic heterocycles. The van der Waals surface area contributed by atoms with Crippen molar-refractivity contribution in [2.24, 2.45) is 5.92 Å². The average molecular weight is 351 g/mol. The average Bonchev–Trinajstić information content (AvgIpc) is 3.00. The summed E-state index contributed by atoms with van der Waals surface area (Å²) < 4.78 is 11.6. The first-order valence-electron chi connectivity index (χ1n) is 9.23. The molecule has 136 valence electrons. The minimum atomic E-state index is 0.0590. The molecule has 1 amide bonds. The highest BCUT2D eigenvalue weighted by Gasteiger charge is 2.36. The van der Waals surface area contributed by atoms with Crippen LogP contribution in [-0.4, -0.2) is 17.9 Å². The lowest BCUT2D eigenvalue weighted by Crippen LogP contribution is -2.27. The maximum atomic E-state index is 12.7. The molecule has 1 aliphatic rings. The van der Waals surface area contributed by atoms with Crippen LogP contribution in [-0.2, 0) is 17.8 Å². The molecule has 1 aliphatic carbocycles. The van der Waals surface area contributed by atoms with Crippen LogP contribution < -0.4 is 0 Å². The number of hydrogen-bond donors (Lipinski definition) is 0. The van der Waals surface area contributed by atoms with Crippen molar-refractivity contribution in [2.45, 2.75) is 46.1 Å². The normalized spacial score (nSPS) is 19.1. The molecule has 3 aromatic rings. The van der Waals surface area contributed by atoms with Crippen molar-refractivity contribution in [3.63, 3.8) is 0 Å². The lowest BCUT2D eigenvalue weighted by Gasteiger charge is -2.15. The fourth-order valence-corrected chi connectivity index (χ4v) is 3.54. The van der Waals surface area contributed by atoms with Crippen molar-refractivity contribution in [1.82, 2.24) is 4.90 Å². The van der Waals surface area contributed by atoms with E-state index in [0.29, 0.717) is 18.9 Å². The van der Waals surface area contributed by atoms with Crippen molar-refractivity contribution >= 4 is 16.9 Å². The fourth-order valence-electron chi connectivity index (χ4n) is 3.54. The van der Waals surface area contributed by atoms with E-state index in [1.165, 1.54) is 12.0 Å². The first kappa shape index (κ1) is 17.0. The zero-order valence-electron chi connectivity index (χ0n) is 15.8. The van der Waals surface area contributed by atoms with Crippen LogP contribution >= 0.6 is 0 Å². The quantitative estimate of drug-likeness (QED) is 0.652. The maximum Gasteiger partial charge on any atom is 0.227 e. The Labute approximate surface area is 153 Å². The number of furan rings is 2. The van der Waals surface area contributed by atoms with E-state index in [1.54, 1.807) is 11.2 Å². The molecule has 1 fully saturated rings. The predicted molar refractivity (Wildman–Crippen MR) is 101 cm³/mol. The molecule has 0 radical (unpaired) electrons. The molecule has 2 heterocycles. The highest BCUT2D eigenvalue weighted by atomic mass is 16.3. The molecule has 1 aromatic carbocycles. The molecule has 0 saturated heterocycles. The van der Waals surface area contributed by atoms with E-state index in [-0.39, 0.29) is 5.91 Å². The van der Waals surface area contributed by atoms with Gasteiger partial charge in [-0.05, 0) is 49.4 Å². The van der Waals surface area contributed by atoms with E-state index in [2.05, 4.69) is 26.0 Å². The van der Waals surface area contributed by atoms with Gasteiger partial charge >= 0.3 is 0 Å². The Balaban J connectivity index is 1.44. The molecule has 0 spiro atoms. The Kier molecular flexibility index (Phi) is 4.14. The number of aryl methyl sites for hydroxylation is 2. The topological polar surface area (TPSA) is 46.6 Å². The first-order chi connectivity index (χ1) is 12.4. The first-order valence-corrected chi connectivity index (χ1v) is 9.23. The molecule has 0 aliphatic heterocycles. The molecule has 4 heteroatoms. The largest absolute Gasteiger partial charge is 0.464 e. The number of amides is 1. The molecule has 4 rings (SSSR count). The monoisotopic (exact) mass is 351 g/mol. The third kappa shape index (κ3) is 3.05. The molecule has 4 nitrogen and oxygen atoms in total. The summed E-state index contributed by atoms with van der Waals surface area (Å²) >= 11 is 0. The van der Waals surface area contributed by atoms with Gasteiger partial charge in [0.25, 0.3) is 0 Å². The summed E-state index contributed by atoms with van der Waals surface area (Å²) in [5, 5.41) is 1.03. The summed E-state index contributed by atoms with van der Waals surface area (Å²) in [7, 11) is 1.82. The lowest BCUT2D eigenvalue weighted by atomic mass is 10.0. The van der Waals surface area contributed by atoms with Gasteiger partial charge in [0, 0.05) is 23.9 Å². The maximum absolute atomic E-state index is 12.7. The van der Waals surface area contributed by atoms with Gasteiger partial charge in [0.2, 0.25) is 5.91 Å². The second-order valence-electron chi connectivity index (χ2n) is 7.70. The Morgan fingerprint density at radius 1 is 1.23 bits per heavy atom. The molecule has 1 saturated carbocycles. The van der Waals surface area contributed by atoms with Gasteiger partial charge in [-0.15, -0.1) is 0 Å². The minimum absolute atomic E-state index is 0.0590. The Morgan fingerprint density at radius 2 is 2.00 bits per heavy atom. The van der Waals surface area contributed by atoms with Crippen LogP contribution in [0.2, 0.25) is 0 Å². The number of fused-ring (bicyclic) bond motifs is 1. The van der Waals surface area contributed by atoms with Gasteiger partial charge in [-0.1, -0.05) is 19.1 Å². The highest BCUT2D eigenvalue weighted by Crippen LogP contribution is 2.47. The van der Waals surface area contributed by atoms with Gasteiger partial charge in [-0.3, -0.25) is 4.79 Å². The molecule has 26 heavy (non-hydrogen) atoms. The van der Waals surface area contributed by atoms with Crippen molar-refractivity contribution in [3.8, 4) is 0 Å². The van der Waals surface area contributed by atoms with Crippen molar-refractivity contribution < 1.29 is 13.6 Å². The third-order valence-corrected chi connectivity index (χ3v) is 5.66. The van der Waals surface area contributed by atoms with Gasteiger partial charge in [-0.25, -0.2) is 0 Å². The number of carbonyl (C=O) groups is 1. The molecule has 0 bridgehead atoms. The SMILES string of the molecule is Cc1ccc2c(CC(=O)N(C)Cc3ccc([C@@H]4C[C@H]4C)o3)coc2c1C. The Bertz CT molecular complexity index is 965. The van der Waals surface area contributed by atoms with E-state index in [4.69, 9.17) is 8.83 Å². The van der Waals surface area contributed by atoms with Gasteiger partial charge < -0.3 is 13.7 Å². The van der Waals surface area contributed by atoms with Crippen LogP contribution in [0.15, 0.2) is 39.4 Å². The second kappa shape index (κ2) is 6.35. The van der Waals surface area contributed by atoms with Gasteiger partial charge in [0.1, 0.15) is 17.1 Å². The smallest absolute Gasteiger partial charge is 0.227 e. The lowest BCUT2D eigenvalue weighted by molar-refractivity contribution is -0.129. The standard InChI is InChI=1S/C22H25NO3/c1-13-5-7-18-16(12-25-22(18)15(13)3)10-21(24)23(4)11-17-6-8-20(26-17)19-9-14(19)2/h5-8,12,14,19H,9-11H2,1-4H3/t14-,19-/m1/s1. The van der Waals surface area contributed by atoms with Crippen molar-refractivity contribution in [3.05, 3.63) is 58.7 Å². The van der Waals surface area contributed by atoms with E-state index >= 15 is 0 Å². The summed E-state index contributed by atoms with van der Waals surface area (Å²) in [4.78, 5) is 14.4. The summed E-state index contributed by atoms with van der Waals surface area (Å²) in [6, 6.07) is 8.16. The number of likely N-dealkylation sites (N-methyl/N-ethyl adjacent to an activating group) is 1. The second-order valence-corrected chi connectivity index (χ2v) is 7.70. The summed E-state index contributed by atoms with van der Waals surface area (Å²) in [5.41, 5.74) is 4.14. The predicted octanol–water partition coefficient (Wildman–Crippen LogP) is 4.97. The zero-order valence-corrected chi connectivity index (χ0v) is 15.8. The van der Waals surface area contributed by atoms with Gasteiger partial charge in [0.15, 0.2) is 0 Å². The van der Waals surface area contributed by atoms with E-state index in [1.807, 2.05) is 26.1 Å².